The Balaban J connectivity index is 0.000000168. The smallest absolute Gasteiger partial charge is 0.258 e. The van der Waals surface area contributed by atoms with Crippen molar-refractivity contribution in [2.24, 2.45) is 11.3 Å². The predicted molar refractivity (Wildman–Crippen MR) is 186 cm³/mol. The van der Waals surface area contributed by atoms with Crippen LogP contribution in [-0.4, -0.2) is 84.7 Å². The van der Waals surface area contributed by atoms with Gasteiger partial charge in [-0.15, -0.1) is 0 Å². The number of allylic oxidation sites excluding steroid dienone is 1. The molecule has 2 aromatic carbocycles. The number of halogens is 3. The van der Waals surface area contributed by atoms with Crippen LogP contribution in [0.25, 0.3) is 10.9 Å². The van der Waals surface area contributed by atoms with E-state index in [0.29, 0.717) is 49.7 Å². The molecule has 51 heavy (non-hydrogen) atoms. The van der Waals surface area contributed by atoms with E-state index in [4.69, 9.17) is 0 Å². The lowest BCUT2D eigenvalue weighted by molar-refractivity contribution is -0.134. The molecule has 13 heteroatoms. The Labute approximate surface area is 294 Å². The number of rotatable bonds is 4. The van der Waals surface area contributed by atoms with Gasteiger partial charge in [0, 0.05) is 91.4 Å². The average molecular weight is 704 g/mol. The summed E-state index contributed by atoms with van der Waals surface area (Å²) in [5, 5.41) is 3.06. The number of aromatic amines is 1. The molecule has 3 amide bonds. The number of carbonyl (C=O) groups is 3. The third kappa shape index (κ3) is 5.97. The zero-order valence-electron chi connectivity index (χ0n) is 29.0. The lowest BCUT2D eigenvalue weighted by Crippen LogP contribution is -2.47. The normalized spacial score (nSPS) is 28.5. The van der Waals surface area contributed by atoms with Crippen LogP contribution in [0, 0.1) is 17.2 Å². The third-order valence-corrected chi connectivity index (χ3v) is 12.0. The van der Waals surface area contributed by atoms with Gasteiger partial charge in [0.2, 0.25) is 11.8 Å². The molecule has 0 spiro atoms. The van der Waals surface area contributed by atoms with Crippen LogP contribution in [0.15, 0.2) is 53.7 Å². The number of hydrogen-bond acceptors (Lipinski definition) is 7. The van der Waals surface area contributed by atoms with Crippen molar-refractivity contribution in [3.8, 4) is 0 Å². The van der Waals surface area contributed by atoms with E-state index in [1.807, 2.05) is 25.2 Å². The number of aromatic nitrogens is 1. The minimum atomic E-state index is -2.63. The monoisotopic (exact) mass is 703 g/mol. The molecular formula is C38H44F3N7O3. The Morgan fingerprint density at radius 1 is 0.961 bits per heavy atom. The first-order valence-electron chi connectivity index (χ1n) is 18.0. The van der Waals surface area contributed by atoms with E-state index in [-0.39, 0.29) is 35.2 Å². The molecule has 9 rings (SSSR count). The van der Waals surface area contributed by atoms with Gasteiger partial charge in [0.05, 0.1) is 17.5 Å². The topological polar surface area (TPSA) is 113 Å². The van der Waals surface area contributed by atoms with E-state index in [2.05, 4.69) is 43.1 Å². The average Bonchev–Trinajstić information content (AvgIpc) is 3.74. The molecule has 4 aliphatic heterocycles. The van der Waals surface area contributed by atoms with E-state index in [1.165, 1.54) is 24.6 Å². The van der Waals surface area contributed by atoms with E-state index in [0.717, 1.165) is 48.7 Å². The molecule has 4 N–H and O–H groups in total. The van der Waals surface area contributed by atoms with E-state index in [1.54, 1.807) is 17.9 Å². The first kappa shape index (κ1) is 33.8. The van der Waals surface area contributed by atoms with Crippen LogP contribution in [0.4, 0.5) is 18.9 Å². The van der Waals surface area contributed by atoms with Crippen LogP contribution >= 0.6 is 0 Å². The minimum absolute atomic E-state index is 0.0546. The maximum absolute atomic E-state index is 14.8. The van der Waals surface area contributed by atoms with Gasteiger partial charge in [-0.05, 0) is 74.2 Å². The van der Waals surface area contributed by atoms with Crippen molar-refractivity contribution in [2.75, 3.05) is 51.2 Å². The molecule has 2 aliphatic carbocycles. The van der Waals surface area contributed by atoms with Gasteiger partial charge in [0.1, 0.15) is 5.82 Å². The first-order valence-corrected chi connectivity index (χ1v) is 18.0. The number of nitrogens with zero attached hydrogens (tertiary/aromatic N) is 3. The molecule has 10 nitrogen and oxygen atoms in total. The molecule has 0 radical (unpaired) electrons. The molecule has 6 aliphatic rings. The number of carbonyl (C=O) groups excluding carboxylic acids is 3. The number of hydrazine groups is 1. The van der Waals surface area contributed by atoms with Crippen LogP contribution in [-0.2, 0) is 9.59 Å². The molecular weight excluding hydrogens is 659 g/mol. The quantitative estimate of drug-likeness (QED) is 0.284. The molecule has 1 saturated carbocycles. The summed E-state index contributed by atoms with van der Waals surface area (Å²) in [6.07, 6.45) is 4.23. The van der Waals surface area contributed by atoms with Gasteiger partial charge >= 0.3 is 0 Å². The van der Waals surface area contributed by atoms with Crippen molar-refractivity contribution in [1.29, 1.82) is 0 Å². The lowest BCUT2D eigenvalue weighted by atomic mass is 9.85. The highest BCUT2D eigenvalue weighted by atomic mass is 19.3. The number of fused-ring (bicyclic) bond motifs is 2. The summed E-state index contributed by atoms with van der Waals surface area (Å²) in [7, 11) is 2.00. The molecule has 4 unspecified atom stereocenters. The highest BCUT2D eigenvalue weighted by Gasteiger charge is 2.78. The number of benzene rings is 2. The second kappa shape index (κ2) is 12.7. The highest BCUT2D eigenvalue weighted by molar-refractivity contribution is 6.01. The number of anilines is 1. The molecule has 1 aromatic heterocycles. The van der Waals surface area contributed by atoms with Crippen molar-refractivity contribution in [1.82, 2.24) is 31.0 Å². The number of imide groups is 1. The minimum Gasteiger partial charge on any atom is -0.372 e. The fourth-order valence-electron chi connectivity index (χ4n) is 8.60. The van der Waals surface area contributed by atoms with Crippen LogP contribution in [0.1, 0.15) is 79.0 Å². The van der Waals surface area contributed by atoms with Crippen molar-refractivity contribution in [3.63, 3.8) is 0 Å². The van der Waals surface area contributed by atoms with Gasteiger partial charge in [-0.25, -0.2) is 18.6 Å². The van der Waals surface area contributed by atoms with Crippen LogP contribution < -0.4 is 21.1 Å². The van der Waals surface area contributed by atoms with Crippen molar-refractivity contribution in [2.45, 2.75) is 63.3 Å². The number of likely N-dealkylation sites (N-methyl/N-ethyl adjacent to an activating group) is 1. The molecule has 270 valence electrons. The molecule has 4 atom stereocenters. The van der Waals surface area contributed by atoms with Crippen molar-refractivity contribution >= 4 is 34.3 Å². The van der Waals surface area contributed by atoms with Crippen LogP contribution in [0.5, 0.6) is 0 Å². The summed E-state index contributed by atoms with van der Waals surface area (Å²) < 4.78 is 43.4. The molecule has 3 aromatic rings. The maximum atomic E-state index is 14.8. The second-order valence-electron chi connectivity index (χ2n) is 15.2. The zero-order valence-corrected chi connectivity index (χ0v) is 29.0. The number of piperazine rings is 1. The summed E-state index contributed by atoms with van der Waals surface area (Å²) in [6, 6.07) is 12.7. The number of alkyl halides is 2. The summed E-state index contributed by atoms with van der Waals surface area (Å²) in [4.78, 5) is 45.3. The molecule has 5 heterocycles. The molecule has 3 saturated heterocycles. The standard InChI is InChI=1S/C23H26F3N5O.C15H18N2O2/c1-22-11-18-14(10-19(22)23(22,25)26)20(29-28-18)17-8-12-7-15(24)13(9-16(12)27-17)21(32)31-5-3-30(2)4-6-31;18-14-8-7-13(15(19)16-14)11-3-5-12(6-4-11)17-9-1-2-10-17/h7-9,19-20,27-29H,3-6,10-11H2,1-2H3;3-6,13H,1-2,7-10H2,(H,16,18,19). The second-order valence-corrected chi connectivity index (χ2v) is 15.2. The fourth-order valence-corrected chi connectivity index (χ4v) is 8.60. The van der Waals surface area contributed by atoms with Crippen LogP contribution in [0.2, 0.25) is 0 Å². The van der Waals surface area contributed by atoms with Crippen molar-refractivity contribution < 1.29 is 27.6 Å². The predicted octanol–water partition coefficient (Wildman–Crippen LogP) is 4.97. The van der Waals surface area contributed by atoms with Gasteiger partial charge in [-0.3, -0.25) is 19.7 Å². The Morgan fingerprint density at radius 3 is 2.39 bits per heavy atom. The van der Waals surface area contributed by atoms with Gasteiger partial charge < -0.3 is 25.1 Å². The number of hydrogen-bond donors (Lipinski definition) is 4. The maximum Gasteiger partial charge on any atom is 0.258 e. The van der Waals surface area contributed by atoms with Gasteiger partial charge in [0.25, 0.3) is 11.8 Å². The van der Waals surface area contributed by atoms with Gasteiger partial charge in [0.15, 0.2) is 0 Å². The summed E-state index contributed by atoms with van der Waals surface area (Å²) in [5.74, 6) is -4.61. The lowest BCUT2D eigenvalue weighted by Gasteiger charge is -2.32. The number of nitrogens with one attached hydrogen (secondary N) is 4. The Hall–Kier alpha value is -4.36. The summed E-state index contributed by atoms with van der Waals surface area (Å²) >= 11 is 0. The summed E-state index contributed by atoms with van der Waals surface area (Å²) in [5.41, 5.74) is 10.8. The summed E-state index contributed by atoms with van der Waals surface area (Å²) in [6.45, 7) is 6.57. The molecule has 0 bridgehead atoms. The number of H-pyrrole nitrogens is 1. The Bertz CT molecular complexity index is 1910. The Kier molecular flexibility index (Phi) is 8.41. The van der Waals surface area contributed by atoms with E-state index >= 15 is 0 Å². The zero-order chi connectivity index (χ0) is 35.7. The van der Waals surface area contributed by atoms with Crippen molar-refractivity contribution in [3.05, 3.63) is 76.4 Å². The SMILES string of the molecule is CN1CCN(C(=O)c2cc3[nH]c(C4NNC5=C4CC4C(F)(F)C4(C)C5)cc3cc2F)CC1.O=C1CCC(c2ccc(N3CCCC3)cc2)C(=O)N1. The van der Waals surface area contributed by atoms with E-state index < -0.39 is 23.1 Å². The Morgan fingerprint density at radius 2 is 1.69 bits per heavy atom. The molecule has 4 fully saturated rings. The highest BCUT2D eigenvalue weighted by Crippen LogP contribution is 2.73. The fraction of sp³-hybridized carbons (Fsp3) is 0.500. The number of amides is 3. The first-order chi connectivity index (χ1) is 24.4. The largest absolute Gasteiger partial charge is 0.372 e. The van der Waals surface area contributed by atoms with E-state index in [9.17, 15) is 27.6 Å². The number of piperidine rings is 1. The van der Waals surface area contributed by atoms with Gasteiger partial charge in [-0.1, -0.05) is 19.1 Å². The third-order valence-electron chi connectivity index (χ3n) is 12.0. The van der Waals surface area contributed by atoms with Gasteiger partial charge in [-0.2, -0.15) is 0 Å². The van der Waals surface area contributed by atoms with Crippen LogP contribution in [0.3, 0.4) is 0 Å².